The highest BCUT2D eigenvalue weighted by Gasteiger charge is 2.04. The van der Waals surface area contributed by atoms with Gasteiger partial charge in [0, 0.05) is 11.5 Å². The second-order valence-electron chi connectivity index (χ2n) is 1.93. The van der Waals surface area contributed by atoms with Gasteiger partial charge in [0.1, 0.15) is 22.1 Å². The van der Waals surface area contributed by atoms with Crippen molar-refractivity contribution in [1.82, 2.24) is 0 Å². The molecule has 0 amide bonds. The van der Waals surface area contributed by atoms with Gasteiger partial charge in [-0.15, -0.1) is 13.2 Å². The molecule has 0 aliphatic rings. The predicted molar refractivity (Wildman–Crippen MR) is 75.7 cm³/mol. The largest absolute Gasteiger partial charge is 0.425 e. The number of aliphatic imine (C=N–C) groups is 1. The van der Waals surface area contributed by atoms with Gasteiger partial charge in [-0.3, -0.25) is 0 Å². The van der Waals surface area contributed by atoms with Crippen LogP contribution < -0.4 is 0 Å². The zero-order valence-electron chi connectivity index (χ0n) is 8.33. The first-order valence-electron chi connectivity index (χ1n) is 3.96. The Labute approximate surface area is 111 Å². The molecule has 8 heteroatoms. The van der Waals surface area contributed by atoms with Crippen molar-refractivity contribution in [1.29, 1.82) is 5.26 Å². The highest BCUT2D eigenvalue weighted by atomic mass is 33.1. The number of rotatable bonds is 8. The Morgan fingerprint density at radius 3 is 2.06 bits per heavy atom. The van der Waals surface area contributed by atoms with E-state index in [0.29, 0.717) is 0 Å². The first-order valence-corrected chi connectivity index (χ1v) is 8.44. The topological polar surface area (TPSA) is 54.6 Å². The summed E-state index contributed by atoms with van der Waals surface area (Å²) < 4.78 is 10.1. The Bertz CT molecular complexity index is 260. The molecule has 0 N–H and O–H groups in total. The SMILES string of the molecule is C=CCSSOC(=NC#N)OSSCC=C. The van der Waals surface area contributed by atoms with Crippen LogP contribution in [0.2, 0.25) is 0 Å². The minimum atomic E-state index is -0.0642. The summed E-state index contributed by atoms with van der Waals surface area (Å²) in [6, 6.07) is 0. The molecule has 0 aliphatic heterocycles. The van der Waals surface area contributed by atoms with Gasteiger partial charge in [0.05, 0.1) is 0 Å². The van der Waals surface area contributed by atoms with Crippen LogP contribution in [0.1, 0.15) is 0 Å². The van der Waals surface area contributed by atoms with Crippen LogP contribution in [0.5, 0.6) is 0 Å². The molecule has 88 valence electrons. The van der Waals surface area contributed by atoms with Gasteiger partial charge in [0.2, 0.25) is 6.19 Å². The van der Waals surface area contributed by atoms with E-state index >= 15 is 0 Å². The number of hydrogen-bond donors (Lipinski definition) is 0. The zero-order chi connectivity index (χ0) is 12.1. The highest BCUT2D eigenvalue weighted by molar-refractivity contribution is 8.75. The molecule has 4 nitrogen and oxygen atoms in total. The third-order valence-corrected chi connectivity index (χ3v) is 3.98. The molecule has 0 unspecified atom stereocenters. The molecular formula is C8H10N2O2S4. The Morgan fingerprint density at radius 1 is 1.19 bits per heavy atom. The lowest BCUT2D eigenvalue weighted by atomic mass is 10.8. The fourth-order valence-corrected chi connectivity index (χ4v) is 2.60. The molecule has 0 fully saturated rings. The molecule has 0 aliphatic carbocycles. The van der Waals surface area contributed by atoms with E-state index in [1.807, 2.05) is 0 Å². The highest BCUT2D eigenvalue weighted by Crippen LogP contribution is 2.27. The molecule has 0 heterocycles. The Morgan fingerprint density at radius 2 is 1.69 bits per heavy atom. The third kappa shape index (κ3) is 10.2. The van der Waals surface area contributed by atoms with Crippen molar-refractivity contribution >= 4 is 49.8 Å². The van der Waals surface area contributed by atoms with Gasteiger partial charge in [0.25, 0.3) is 0 Å². The maximum absolute atomic E-state index is 8.38. The van der Waals surface area contributed by atoms with Gasteiger partial charge < -0.3 is 8.37 Å². The van der Waals surface area contributed by atoms with Crippen LogP contribution in [0.4, 0.5) is 0 Å². The Balaban J connectivity index is 3.72. The standard InChI is InChI=1S/C8H10N2O2S4/c1-3-5-13-15-11-8(10-7-9)12-16-14-6-4-2/h3-4H,1-2,5-6H2. The van der Waals surface area contributed by atoms with Crippen molar-refractivity contribution in [2.75, 3.05) is 11.5 Å². The average molecular weight is 294 g/mol. The molecule has 16 heavy (non-hydrogen) atoms. The molecule has 0 radical (unpaired) electrons. The van der Waals surface area contributed by atoms with Gasteiger partial charge >= 0.3 is 6.08 Å². The average Bonchev–Trinajstić information content (AvgIpc) is 2.30. The predicted octanol–water partition coefficient (Wildman–Crippen LogP) is 3.82. The summed E-state index contributed by atoms with van der Waals surface area (Å²) in [6.45, 7) is 7.13. The van der Waals surface area contributed by atoms with E-state index in [4.69, 9.17) is 13.6 Å². The number of hydrogen-bond acceptors (Lipinski definition) is 8. The van der Waals surface area contributed by atoms with Crippen molar-refractivity contribution in [3.05, 3.63) is 25.3 Å². The second kappa shape index (κ2) is 12.7. The second-order valence-corrected chi connectivity index (χ2v) is 5.90. The van der Waals surface area contributed by atoms with Crippen molar-refractivity contribution in [2.24, 2.45) is 4.99 Å². The molecule has 0 aromatic carbocycles. The van der Waals surface area contributed by atoms with Crippen LogP contribution in [-0.2, 0) is 8.37 Å². The molecule has 0 bridgehead atoms. The number of nitrogens with zero attached hydrogens (tertiary/aromatic N) is 2. The number of nitriles is 1. The lowest BCUT2D eigenvalue weighted by Crippen LogP contribution is -1.98. The van der Waals surface area contributed by atoms with Gasteiger partial charge in [-0.1, -0.05) is 17.1 Å². The monoisotopic (exact) mass is 294 g/mol. The van der Waals surface area contributed by atoms with Crippen LogP contribution in [0.15, 0.2) is 30.3 Å². The smallest absolute Gasteiger partial charge is 0.363 e. The molecule has 0 rings (SSSR count). The molecular weight excluding hydrogens is 284 g/mol. The van der Waals surface area contributed by atoms with Gasteiger partial charge in [-0.2, -0.15) is 5.26 Å². The normalized spacial score (nSPS) is 8.69. The van der Waals surface area contributed by atoms with Crippen LogP contribution in [0, 0.1) is 11.5 Å². The van der Waals surface area contributed by atoms with Crippen LogP contribution in [0.25, 0.3) is 0 Å². The van der Waals surface area contributed by atoms with Crippen molar-refractivity contribution in [2.45, 2.75) is 0 Å². The quantitative estimate of drug-likeness (QED) is 0.128. The summed E-state index contributed by atoms with van der Waals surface area (Å²) in [6.07, 6.45) is 5.03. The molecule has 0 aromatic heterocycles. The van der Waals surface area contributed by atoms with Gasteiger partial charge in [-0.05, 0) is 21.6 Å². The maximum Gasteiger partial charge on any atom is 0.425 e. The first kappa shape index (κ1) is 15.6. The molecule has 0 saturated carbocycles. The summed E-state index contributed by atoms with van der Waals surface area (Å²) >= 11 is 2.17. The summed E-state index contributed by atoms with van der Waals surface area (Å²) in [5, 5.41) is 8.38. The van der Waals surface area contributed by atoms with E-state index in [1.165, 1.54) is 21.6 Å². The fourth-order valence-electron chi connectivity index (χ4n) is 0.350. The van der Waals surface area contributed by atoms with Gasteiger partial charge in [0.15, 0.2) is 0 Å². The van der Waals surface area contributed by atoms with E-state index < -0.39 is 0 Å². The van der Waals surface area contributed by atoms with Crippen LogP contribution >= 0.6 is 43.7 Å². The first-order chi connectivity index (χ1) is 7.85. The zero-order valence-corrected chi connectivity index (χ0v) is 11.6. The Hall–Kier alpha value is -0.360. The van der Waals surface area contributed by atoms with E-state index in [2.05, 4.69) is 18.2 Å². The lowest BCUT2D eigenvalue weighted by Gasteiger charge is -2.03. The molecule has 0 aromatic rings. The minimum absolute atomic E-state index is 0.0642. The summed E-state index contributed by atoms with van der Waals surface area (Å²) in [5.41, 5.74) is 0. The van der Waals surface area contributed by atoms with E-state index in [-0.39, 0.29) is 6.08 Å². The fraction of sp³-hybridized carbons (Fsp3) is 0.250. The van der Waals surface area contributed by atoms with E-state index in [1.54, 1.807) is 18.3 Å². The molecule has 0 spiro atoms. The molecule has 0 atom stereocenters. The van der Waals surface area contributed by atoms with Crippen LogP contribution in [0.3, 0.4) is 0 Å². The van der Waals surface area contributed by atoms with Crippen molar-refractivity contribution < 1.29 is 8.37 Å². The third-order valence-electron chi connectivity index (χ3n) is 0.820. The van der Waals surface area contributed by atoms with E-state index in [0.717, 1.165) is 33.7 Å². The van der Waals surface area contributed by atoms with Crippen molar-refractivity contribution in [3.8, 4) is 6.19 Å². The Kier molecular flexibility index (Phi) is 12.4. The summed E-state index contributed by atoms with van der Waals surface area (Å²) in [7, 11) is 2.85. The molecule has 0 saturated heterocycles. The summed E-state index contributed by atoms with van der Waals surface area (Å²) in [5.74, 6) is 1.48. The van der Waals surface area contributed by atoms with Gasteiger partial charge in [-0.25, -0.2) is 0 Å². The lowest BCUT2D eigenvalue weighted by molar-refractivity contribution is 0.470. The minimum Gasteiger partial charge on any atom is -0.363 e. The maximum atomic E-state index is 8.38. The van der Waals surface area contributed by atoms with Crippen molar-refractivity contribution in [3.63, 3.8) is 0 Å². The van der Waals surface area contributed by atoms with E-state index in [9.17, 15) is 0 Å². The summed E-state index contributed by atoms with van der Waals surface area (Å²) in [4.78, 5) is 3.38. The van der Waals surface area contributed by atoms with Crippen LogP contribution in [-0.4, -0.2) is 17.6 Å².